The second-order valence-electron chi connectivity index (χ2n) is 7.52. The maximum Gasteiger partial charge on any atom is 0.342 e. The molecule has 23 heavy (non-hydrogen) atoms. The van der Waals surface area contributed by atoms with Gasteiger partial charge in [0.15, 0.2) is 0 Å². The van der Waals surface area contributed by atoms with E-state index in [1.54, 1.807) is 6.07 Å². The summed E-state index contributed by atoms with van der Waals surface area (Å²) < 4.78 is 5.32. The smallest absolute Gasteiger partial charge is 0.342 e. The van der Waals surface area contributed by atoms with Crippen molar-refractivity contribution in [3.05, 3.63) is 27.8 Å². The van der Waals surface area contributed by atoms with Crippen molar-refractivity contribution in [3.63, 3.8) is 0 Å². The molecule has 1 heterocycles. The SMILES string of the molecule is CC(C)CCCCCCCCc1c(O)cc(CC(C)C)oc1=O. The van der Waals surface area contributed by atoms with Crippen LogP contribution in [-0.4, -0.2) is 5.11 Å². The maximum absolute atomic E-state index is 12.0. The first kappa shape index (κ1) is 19.8. The Hall–Kier alpha value is -1.25. The predicted molar refractivity (Wildman–Crippen MR) is 96.0 cm³/mol. The van der Waals surface area contributed by atoms with Crippen LogP contribution in [0.15, 0.2) is 15.3 Å². The van der Waals surface area contributed by atoms with Gasteiger partial charge in [-0.2, -0.15) is 0 Å². The molecular formula is C20H34O3. The number of unbranched alkanes of at least 4 members (excludes halogenated alkanes) is 5. The molecule has 0 unspecified atom stereocenters. The monoisotopic (exact) mass is 322 g/mol. The summed E-state index contributed by atoms with van der Waals surface area (Å²) in [5, 5.41) is 10.0. The molecule has 0 saturated carbocycles. The maximum atomic E-state index is 12.0. The molecule has 0 fully saturated rings. The summed E-state index contributed by atoms with van der Waals surface area (Å²) in [5.41, 5.74) is 0.0786. The van der Waals surface area contributed by atoms with Crippen LogP contribution in [0, 0.1) is 11.8 Å². The van der Waals surface area contributed by atoms with Gasteiger partial charge in [0.05, 0.1) is 5.56 Å². The molecule has 1 aromatic heterocycles. The first-order valence-corrected chi connectivity index (χ1v) is 9.25. The summed E-state index contributed by atoms with van der Waals surface area (Å²) in [4.78, 5) is 12.0. The summed E-state index contributed by atoms with van der Waals surface area (Å²) in [6, 6.07) is 1.61. The van der Waals surface area contributed by atoms with Gasteiger partial charge in [0.2, 0.25) is 0 Å². The zero-order valence-corrected chi connectivity index (χ0v) is 15.4. The molecule has 0 amide bonds. The Labute approximate surface area is 141 Å². The van der Waals surface area contributed by atoms with E-state index in [9.17, 15) is 9.90 Å². The molecule has 1 N–H and O–H groups in total. The van der Waals surface area contributed by atoms with E-state index >= 15 is 0 Å². The quantitative estimate of drug-likeness (QED) is 0.549. The molecule has 3 heteroatoms. The van der Waals surface area contributed by atoms with Crippen molar-refractivity contribution in [1.29, 1.82) is 0 Å². The van der Waals surface area contributed by atoms with Gasteiger partial charge in [0.25, 0.3) is 0 Å². The van der Waals surface area contributed by atoms with E-state index in [4.69, 9.17) is 4.42 Å². The first-order valence-electron chi connectivity index (χ1n) is 9.25. The lowest BCUT2D eigenvalue weighted by Gasteiger charge is -2.07. The standard InChI is InChI=1S/C20H34O3/c1-15(2)11-9-7-5-6-8-10-12-18-19(21)14-17(13-16(3)4)23-20(18)22/h14-16,21H,5-13H2,1-4H3. The Morgan fingerprint density at radius 2 is 1.57 bits per heavy atom. The van der Waals surface area contributed by atoms with E-state index in [1.807, 2.05) is 0 Å². The Kier molecular flexibility index (Phi) is 9.05. The van der Waals surface area contributed by atoms with Gasteiger partial charge in [-0.1, -0.05) is 66.2 Å². The normalized spacial score (nSPS) is 11.6. The minimum Gasteiger partial charge on any atom is -0.507 e. The van der Waals surface area contributed by atoms with Crippen molar-refractivity contribution in [3.8, 4) is 5.75 Å². The van der Waals surface area contributed by atoms with Crippen LogP contribution in [0.4, 0.5) is 0 Å². The van der Waals surface area contributed by atoms with E-state index in [-0.39, 0.29) is 11.4 Å². The molecule has 0 aliphatic heterocycles. The molecule has 0 saturated heterocycles. The topological polar surface area (TPSA) is 50.4 Å². The van der Waals surface area contributed by atoms with Gasteiger partial charge < -0.3 is 9.52 Å². The summed E-state index contributed by atoms with van der Waals surface area (Å²) in [6.07, 6.45) is 9.74. The fourth-order valence-corrected chi connectivity index (χ4v) is 2.85. The number of rotatable bonds is 11. The van der Waals surface area contributed by atoms with Gasteiger partial charge in [0.1, 0.15) is 11.5 Å². The van der Waals surface area contributed by atoms with Crippen molar-refractivity contribution < 1.29 is 9.52 Å². The molecule has 0 atom stereocenters. The van der Waals surface area contributed by atoms with Crippen molar-refractivity contribution in [2.75, 3.05) is 0 Å². The van der Waals surface area contributed by atoms with Gasteiger partial charge in [-0.15, -0.1) is 0 Å². The zero-order valence-electron chi connectivity index (χ0n) is 15.4. The number of aromatic hydroxyl groups is 1. The summed E-state index contributed by atoms with van der Waals surface area (Å²) in [6.45, 7) is 8.66. The van der Waals surface area contributed by atoms with Crippen LogP contribution >= 0.6 is 0 Å². The van der Waals surface area contributed by atoms with Crippen molar-refractivity contribution >= 4 is 0 Å². The highest BCUT2D eigenvalue weighted by Crippen LogP contribution is 2.20. The summed E-state index contributed by atoms with van der Waals surface area (Å²) >= 11 is 0. The van der Waals surface area contributed by atoms with E-state index in [2.05, 4.69) is 27.7 Å². The fraction of sp³-hybridized carbons (Fsp3) is 0.750. The Morgan fingerprint density at radius 1 is 0.957 bits per heavy atom. The molecule has 0 radical (unpaired) electrons. The highest BCUT2D eigenvalue weighted by molar-refractivity contribution is 5.30. The zero-order chi connectivity index (χ0) is 17.2. The Balaban J connectivity index is 2.31. The van der Waals surface area contributed by atoms with Crippen LogP contribution in [0.3, 0.4) is 0 Å². The van der Waals surface area contributed by atoms with Gasteiger partial charge in [-0.05, 0) is 24.7 Å². The van der Waals surface area contributed by atoms with Crippen LogP contribution in [0.25, 0.3) is 0 Å². The third-order valence-corrected chi connectivity index (χ3v) is 4.14. The second-order valence-corrected chi connectivity index (χ2v) is 7.52. The molecule has 0 spiro atoms. The second kappa shape index (κ2) is 10.5. The van der Waals surface area contributed by atoms with Crippen LogP contribution in [-0.2, 0) is 12.8 Å². The van der Waals surface area contributed by atoms with Gasteiger partial charge in [-0.25, -0.2) is 4.79 Å². The molecule has 0 aliphatic rings. The summed E-state index contributed by atoms with van der Waals surface area (Å²) in [7, 11) is 0. The van der Waals surface area contributed by atoms with Crippen LogP contribution in [0.1, 0.15) is 84.0 Å². The molecule has 0 aromatic carbocycles. The number of hydrogen-bond donors (Lipinski definition) is 1. The molecule has 0 bridgehead atoms. The fourth-order valence-electron chi connectivity index (χ4n) is 2.85. The predicted octanol–water partition coefficient (Wildman–Crippen LogP) is 5.47. The van der Waals surface area contributed by atoms with E-state index in [0.717, 1.165) is 18.8 Å². The number of hydrogen-bond acceptors (Lipinski definition) is 3. The van der Waals surface area contributed by atoms with Crippen molar-refractivity contribution in [2.24, 2.45) is 11.8 Å². The van der Waals surface area contributed by atoms with E-state index in [1.165, 1.54) is 32.1 Å². The van der Waals surface area contributed by atoms with Crippen LogP contribution in [0.5, 0.6) is 5.75 Å². The average Bonchev–Trinajstić information content (AvgIpc) is 2.43. The minimum atomic E-state index is -0.363. The molecule has 3 nitrogen and oxygen atoms in total. The lowest BCUT2D eigenvalue weighted by Crippen LogP contribution is -2.10. The van der Waals surface area contributed by atoms with Gasteiger partial charge in [0, 0.05) is 12.5 Å². The Morgan fingerprint density at radius 3 is 2.13 bits per heavy atom. The lowest BCUT2D eigenvalue weighted by atomic mass is 10.0. The third kappa shape index (κ3) is 8.24. The van der Waals surface area contributed by atoms with Crippen molar-refractivity contribution in [2.45, 2.75) is 85.5 Å². The highest BCUT2D eigenvalue weighted by Gasteiger charge is 2.11. The highest BCUT2D eigenvalue weighted by atomic mass is 16.4. The van der Waals surface area contributed by atoms with Gasteiger partial charge >= 0.3 is 5.63 Å². The van der Waals surface area contributed by atoms with Crippen LogP contribution < -0.4 is 5.63 Å². The largest absolute Gasteiger partial charge is 0.507 e. The van der Waals surface area contributed by atoms with E-state index < -0.39 is 0 Å². The molecule has 1 aromatic rings. The molecule has 132 valence electrons. The van der Waals surface area contributed by atoms with Crippen molar-refractivity contribution in [1.82, 2.24) is 0 Å². The minimum absolute atomic E-state index is 0.105. The average molecular weight is 322 g/mol. The first-order chi connectivity index (χ1) is 10.9. The van der Waals surface area contributed by atoms with E-state index in [0.29, 0.717) is 30.1 Å². The Bertz CT molecular complexity index is 500. The lowest BCUT2D eigenvalue weighted by molar-refractivity contribution is 0.396. The van der Waals surface area contributed by atoms with Crippen LogP contribution in [0.2, 0.25) is 0 Å². The molecule has 1 rings (SSSR count). The van der Waals surface area contributed by atoms with Gasteiger partial charge in [-0.3, -0.25) is 0 Å². The summed E-state index contributed by atoms with van der Waals surface area (Å²) in [5.74, 6) is 1.89. The third-order valence-electron chi connectivity index (χ3n) is 4.14. The molecule has 0 aliphatic carbocycles. The molecular weight excluding hydrogens is 288 g/mol.